The van der Waals surface area contributed by atoms with Crippen molar-refractivity contribution >= 4 is 29.3 Å². The molecule has 19 heavy (non-hydrogen) atoms. The number of aliphatic hydroxyl groups is 1. The lowest BCUT2D eigenvalue weighted by Gasteiger charge is -2.27. The molecule has 5 heteroatoms. The Balaban J connectivity index is 2.39. The quantitative estimate of drug-likeness (QED) is 0.794. The molecule has 1 atom stereocenters. The number of amides is 1. The van der Waals surface area contributed by atoms with Gasteiger partial charge >= 0.3 is 0 Å². The van der Waals surface area contributed by atoms with Gasteiger partial charge in [-0.25, -0.2) is 0 Å². The Kier molecular flexibility index (Phi) is 6.17. The average molecular weight is 302 g/mol. The molecule has 0 bridgehead atoms. The summed E-state index contributed by atoms with van der Waals surface area (Å²) in [4.78, 5) is 12.6. The Morgan fingerprint density at radius 3 is 2.68 bits per heavy atom. The molecule has 1 amide bonds. The number of carbonyl (C=O) groups excluding carboxylic acids is 1. The maximum atomic E-state index is 11.7. The highest BCUT2D eigenvalue weighted by atomic mass is 35.5. The first-order valence-electron chi connectivity index (χ1n) is 6.19. The summed E-state index contributed by atoms with van der Waals surface area (Å²) in [5.74, 6) is 0.271. The summed E-state index contributed by atoms with van der Waals surface area (Å²) >= 11 is 7.39. The van der Waals surface area contributed by atoms with Crippen LogP contribution in [-0.4, -0.2) is 28.9 Å². The molecule has 0 aliphatic carbocycles. The fraction of sp³-hybridized carbons (Fsp3) is 0.500. The maximum absolute atomic E-state index is 11.7. The summed E-state index contributed by atoms with van der Waals surface area (Å²) in [7, 11) is 0. The van der Waals surface area contributed by atoms with Crippen LogP contribution in [0.5, 0.6) is 0 Å². The van der Waals surface area contributed by atoms with E-state index in [1.165, 1.54) is 11.8 Å². The monoisotopic (exact) mass is 301 g/mol. The first kappa shape index (κ1) is 16.3. The molecule has 1 aromatic carbocycles. The zero-order valence-corrected chi connectivity index (χ0v) is 13.0. The van der Waals surface area contributed by atoms with Gasteiger partial charge in [0.1, 0.15) is 0 Å². The van der Waals surface area contributed by atoms with E-state index in [9.17, 15) is 9.90 Å². The molecule has 0 saturated heterocycles. The highest BCUT2D eigenvalue weighted by Gasteiger charge is 2.25. The van der Waals surface area contributed by atoms with Gasteiger partial charge in [0.2, 0.25) is 5.91 Å². The van der Waals surface area contributed by atoms with E-state index in [2.05, 4.69) is 5.32 Å². The van der Waals surface area contributed by atoms with Crippen LogP contribution in [0.1, 0.15) is 20.8 Å². The van der Waals surface area contributed by atoms with Crippen LogP contribution in [0.2, 0.25) is 5.02 Å². The topological polar surface area (TPSA) is 49.3 Å². The van der Waals surface area contributed by atoms with Gasteiger partial charge in [-0.05, 0) is 25.0 Å². The molecule has 0 spiro atoms. The maximum Gasteiger partial charge on any atom is 0.230 e. The van der Waals surface area contributed by atoms with Crippen LogP contribution >= 0.6 is 23.4 Å². The van der Waals surface area contributed by atoms with E-state index in [-0.39, 0.29) is 24.1 Å². The lowest BCUT2D eigenvalue weighted by molar-refractivity contribution is -0.120. The molecule has 1 aromatic rings. The summed E-state index contributed by atoms with van der Waals surface area (Å²) in [6.07, 6.45) is 0. The minimum atomic E-state index is -0.884. The van der Waals surface area contributed by atoms with Crippen molar-refractivity contribution in [2.45, 2.75) is 31.3 Å². The normalized spacial score (nSPS) is 14.2. The predicted molar refractivity (Wildman–Crippen MR) is 80.6 cm³/mol. The second kappa shape index (κ2) is 7.17. The standard InChI is InChI=1S/C14H20ClNO2S/c1-10(2)14(3,18)9-16-13(17)8-19-12-7-5-4-6-11(12)15/h4-7,10,18H,8-9H2,1-3H3,(H,16,17). The van der Waals surface area contributed by atoms with E-state index in [0.29, 0.717) is 5.02 Å². The fourth-order valence-electron chi connectivity index (χ4n) is 1.24. The van der Waals surface area contributed by atoms with Crippen LogP contribution in [0.3, 0.4) is 0 Å². The third-order valence-electron chi connectivity index (χ3n) is 3.08. The highest BCUT2D eigenvalue weighted by Crippen LogP contribution is 2.26. The molecule has 0 aliphatic rings. The number of nitrogens with one attached hydrogen (secondary N) is 1. The molecule has 0 aliphatic heterocycles. The number of carbonyl (C=O) groups is 1. The third kappa shape index (κ3) is 5.43. The molecule has 0 radical (unpaired) electrons. The molecule has 3 nitrogen and oxygen atoms in total. The SMILES string of the molecule is CC(C)C(C)(O)CNC(=O)CSc1ccccc1Cl. The predicted octanol–water partition coefficient (Wildman–Crippen LogP) is 2.96. The first-order valence-corrected chi connectivity index (χ1v) is 7.55. The second-order valence-electron chi connectivity index (χ2n) is 5.01. The Labute approximate surface area is 123 Å². The molecule has 0 aromatic heterocycles. The van der Waals surface area contributed by atoms with Gasteiger partial charge in [-0.3, -0.25) is 4.79 Å². The van der Waals surface area contributed by atoms with Crippen LogP contribution in [-0.2, 0) is 4.79 Å². The van der Waals surface area contributed by atoms with Crippen molar-refractivity contribution in [1.82, 2.24) is 5.32 Å². The zero-order chi connectivity index (χ0) is 14.5. The van der Waals surface area contributed by atoms with Gasteiger partial charge in [0, 0.05) is 11.4 Å². The number of hydrogen-bond donors (Lipinski definition) is 2. The summed E-state index contributed by atoms with van der Waals surface area (Å²) < 4.78 is 0. The molecular formula is C14H20ClNO2S. The molecule has 2 N–H and O–H groups in total. The van der Waals surface area contributed by atoms with Crippen molar-refractivity contribution < 1.29 is 9.90 Å². The highest BCUT2D eigenvalue weighted by molar-refractivity contribution is 8.00. The van der Waals surface area contributed by atoms with Crippen LogP contribution in [0, 0.1) is 5.92 Å². The first-order chi connectivity index (χ1) is 8.83. The van der Waals surface area contributed by atoms with Crippen LogP contribution in [0.15, 0.2) is 29.2 Å². The lowest BCUT2D eigenvalue weighted by atomic mass is 9.93. The Hall–Kier alpha value is -0.710. The number of rotatable bonds is 6. The summed E-state index contributed by atoms with van der Waals surface area (Å²) in [5, 5.41) is 13.4. The number of benzene rings is 1. The van der Waals surface area contributed by atoms with E-state index in [1.807, 2.05) is 32.0 Å². The van der Waals surface area contributed by atoms with Gasteiger partial charge in [-0.15, -0.1) is 11.8 Å². The molecule has 0 heterocycles. The Morgan fingerprint density at radius 2 is 2.11 bits per heavy atom. The van der Waals surface area contributed by atoms with Crippen molar-refractivity contribution in [3.05, 3.63) is 29.3 Å². The van der Waals surface area contributed by atoms with Gasteiger partial charge in [0.25, 0.3) is 0 Å². The van der Waals surface area contributed by atoms with Gasteiger partial charge in [0.05, 0.1) is 16.4 Å². The van der Waals surface area contributed by atoms with Crippen molar-refractivity contribution in [3.8, 4) is 0 Å². The van der Waals surface area contributed by atoms with E-state index in [4.69, 9.17) is 11.6 Å². The molecule has 1 rings (SSSR count). The zero-order valence-electron chi connectivity index (χ0n) is 11.4. The van der Waals surface area contributed by atoms with Crippen molar-refractivity contribution in [3.63, 3.8) is 0 Å². The minimum Gasteiger partial charge on any atom is -0.388 e. The number of hydrogen-bond acceptors (Lipinski definition) is 3. The van der Waals surface area contributed by atoms with Crippen LogP contribution < -0.4 is 5.32 Å². The van der Waals surface area contributed by atoms with Gasteiger partial charge in [0.15, 0.2) is 0 Å². The third-order valence-corrected chi connectivity index (χ3v) is 4.60. The Bertz CT molecular complexity index is 435. The van der Waals surface area contributed by atoms with E-state index in [1.54, 1.807) is 13.0 Å². The molecule has 0 saturated carbocycles. The summed E-state index contributed by atoms with van der Waals surface area (Å²) in [6, 6.07) is 7.41. The van der Waals surface area contributed by atoms with Gasteiger partial charge in [-0.1, -0.05) is 37.6 Å². The number of halogens is 1. The van der Waals surface area contributed by atoms with Gasteiger partial charge in [-0.2, -0.15) is 0 Å². The summed E-state index contributed by atoms with van der Waals surface area (Å²) in [5.41, 5.74) is -0.884. The average Bonchev–Trinajstić information content (AvgIpc) is 2.35. The second-order valence-corrected chi connectivity index (χ2v) is 6.43. The lowest BCUT2D eigenvalue weighted by Crippen LogP contribution is -2.44. The number of thioether (sulfide) groups is 1. The minimum absolute atomic E-state index is 0.0871. The molecule has 106 valence electrons. The Morgan fingerprint density at radius 1 is 1.47 bits per heavy atom. The summed E-state index contributed by atoms with van der Waals surface area (Å²) in [6.45, 7) is 5.82. The molecule has 0 fully saturated rings. The fourth-order valence-corrected chi connectivity index (χ4v) is 2.31. The molecule has 1 unspecified atom stereocenters. The van der Waals surface area contributed by atoms with E-state index < -0.39 is 5.60 Å². The smallest absolute Gasteiger partial charge is 0.230 e. The van der Waals surface area contributed by atoms with Crippen molar-refractivity contribution in [2.24, 2.45) is 5.92 Å². The van der Waals surface area contributed by atoms with Crippen LogP contribution in [0.25, 0.3) is 0 Å². The van der Waals surface area contributed by atoms with Gasteiger partial charge < -0.3 is 10.4 Å². The largest absolute Gasteiger partial charge is 0.388 e. The molecular weight excluding hydrogens is 282 g/mol. The van der Waals surface area contributed by atoms with Crippen LogP contribution in [0.4, 0.5) is 0 Å². The van der Waals surface area contributed by atoms with E-state index >= 15 is 0 Å². The van der Waals surface area contributed by atoms with Crippen molar-refractivity contribution in [1.29, 1.82) is 0 Å². The van der Waals surface area contributed by atoms with E-state index in [0.717, 1.165) is 4.90 Å². The van der Waals surface area contributed by atoms with Crippen molar-refractivity contribution in [2.75, 3.05) is 12.3 Å².